The van der Waals surface area contributed by atoms with E-state index in [1.54, 1.807) is 0 Å². The molecule has 2 fully saturated rings. The van der Waals surface area contributed by atoms with Crippen LogP contribution in [0.25, 0.3) is 0 Å². The number of hydrogen-bond acceptors (Lipinski definition) is 6. The zero-order valence-corrected chi connectivity index (χ0v) is 14.2. The molecule has 0 saturated carbocycles. The van der Waals surface area contributed by atoms with Crippen LogP contribution >= 0.6 is 0 Å². The molecule has 2 aliphatic heterocycles. The van der Waals surface area contributed by atoms with Crippen molar-refractivity contribution in [2.45, 2.75) is 63.9 Å². The van der Waals surface area contributed by atoms with Crippen LogP contribution in [0.3, 0.4) is 0 Å². The number of hydrogen-bond donors (Lipinski definition) is 1. The zero-order chi connectivity index (χ0) is 17.3. The predicted octanol–water partition coefficient (Wildman–Crippen LogP) is 0.771. The minimum Gasteiger partial charge on any atom is -0.379 e. The second-order valence-electron chi connectivity index (χ2n) is 6.58. The summed E-state index contributed by atoms with van der Waals surface area (Å²) in [6, 6.07) is 1.28. The third-order valence-electron chi connectivity index (χ3n) is 4.17. The van der Waals surface area contributed by atoms with Crippen molar-refractivity contribution in [3.8, 4) is 0 Å². The Hall–Kier alpha value is -1.48. The number of nitrogens with one attached hydrogen (secondary N) is 1. The van der Waals surface area contributed by atoms with Crippen molar-refractivity contribution in [1.29, 1.82) is 0 Å². The molecule has 0 aromatic carbocycles. The molecule has 2 saturated heterocycles. The highest BCUT2D eigenvalue weighted by Gasteiger charge is 2.56. The van der Waals surface area contributed by atoms with Gasteiger partial charge >= 0.3 is 5.69 Å². The van der Waals surface area contributed by atoms with Gasteiger partial charge in [-0.15, -0.1) is 0 Å². The van der Waals surface area contributed by atoms with Crippen molar-refractivity contribution in [3.63, 3.8) is 0 Å². The summed E-state index contributed by atoms with van der Waals surface area (Å²) in [7, 11) is 0. The lowest BCUT2D eigenvalue weighted by Gasteiger charge is -2.24. The molecular weight excluding hydrogens is 316 g/mol. The zero-order valence-electron chi connectivity index (χ0n) is 14.2. The Morgan fingerprint density at radius 2 is 2.04 bits per heavy atom. The Morgan fingerprint density at radius 1 is 1.29 bits per heavy atom. The van der Waals surface area contributed by atoms with Crippen LogP contribution in [-0.2, 0) is 18.9 Å². The maximum absolute atomic E-state index is 12.1. The molecule has 8 nitrogen and oxygen atoms in total. The van der Waals surface area contributed by atoms with Crippen molar-refractivity contribution in [1.82, 2.24) is 9.55 Å². The molecule has 8 heteroatoms. The van der Waals surface area contributed by atoms with Crippen LogP contribution in [0.15, 0.2) is 21.9 Å². The fraction of sp³-hybridized carbons (Fsp3) is 0.750. The first-order valence-electron chi connectivity index (χ1n) is 8.31. The molecule has 1 N–H and O–H groups in total. The predicted molar refractivity (Wildman–Crippen MR) is 84.8 cm³/mol. The SMILES string of the molecule is CCCCOC[C@H]1O[C@@H](n2ccc(=O)[nH]c2=O)[C@@H]2OC(C)(C)O[C@@H]21. The fourth-order valence-electron chi connectivity index (χ4n) is 3.09. The van der Waals surface area contributed by atoms with Gasteiger partial charge < -0.3 is 18.9 Å². The second kappa shape index (κ2) is 6.79. The highest BCUT2D eigenvalue weighted by Crippen LogP contribution is 2.42. The lowest BCUT2D eigenvalue weighted by molar-refractivity contribution is -0.202. The van der Waals surface area contributed by atoms with Crippen molar-refractivity contribution < 1.29 is 18.9 Å². The molecule has 2 aliphatic rings. The molecular formula is C16H24N2O6. The number of H-pyrrole nitrogens is 1. The summed E-state index contributed by atoms with van der Waals surface area (Å²) >= 11 is 0. The van der Waals surface area contributed by atoms with E-state index in [0.29, 0.717) is 13.2 Å². The largest absolute Gasteiger partial charge is 0.379 e. The number of aromatic nitrogens is 2. The van der Waals surface area contributed by atoms with Crippen LogP contribution in [0.5, 0.6) is 0 Å². The first kappa shape index (κ1) is 17.3. The summed E-state index contributed by atoms with van der Waals surface area (Å²) in [6.45, 7) is 6.77. The number of aromatic amines is 1. The van der Waals surface area contributed by atoms with Crippen LogP contribution < -0.4 is 11.2 Å². The van der Waals surface area contributed by atoms with Gasteiger partial charge in [0.25, 0.3) is 5.56 Å². The molecule has 134 valence electrons. The van der Waals surface area contributed by atoms with E-state index < -0.39 is 29.4 Å². The van der Waals surface area contributed by atoms with E-state index in [-0.39, 0.29) is 12.2 Å². The average Bonchev–Trinajstić information content (AvgIpc) is 2.98. The van der Waals surface area contributed by atoms with Crippen molar-refractivity contribution >= 4 is 0 Å². The smallest absolute Gasteiger partial charge is 0.330 e. The lowest BCUT2D eigenvalue weighted by Crippen LogP contribution is -2.37. The number of fused-ring (bicyclic) bond motifs is 1. The van der Waals surface area contributed by atoms with Crippen LogP contribution in [0.1, 0.15) is 39.8 Å². The van der Waals surface area contributed by atoms with E-state index in [2.05, 4.69) is 11.9 Å². The Morgan fingerprint density at radius 3 is 2.75 bits per heavy atom. The molecule has 3 rings (SSSR count). The maximum atomic E-state index is 12.1. The molecule has 0 bridgehead atoms. The minimum atomic E-state index is -0.759. The van der Waals surface area contributed by atoms with Crippen molar-refractivity contribution in [2.75, 3.05) is 13.2 Å². The summed E-state index contributed by atoms with van der Waals surface area (Å²) in [4.78, 5) is 25.6. The van der Waals surface area contributed by atoms with Gasteiger partial charge in [0.05, 0.1) is 6.61 Å². The van der Waals surface area contributed by atoms with Gasteiger partial charge in [0.2, 0.25) is 0 Å². The summed E-state index contributed by atoms with van der Waals surface area (Å²) in [5.74, 6) is -0.759. The van der Waals surface area contributed by atoms with Crippen LogP contribution in [0.2, 0.25) is 0 Å². The second-order valence-corrected chi connectivity index (χ2v) is 6.58. The monoisotopic (exact) mass is 340 g/mol. The highest BCUT2D eigenvalue weighted by molar-refractivity contribution is 4.98. The Kier molecular flexibility index (Phi) is 4.91. The Labute approximate surface area is 139 Å². The summed E-state index contributed by atoms with van der Waals surface area (Å²) in [5.41, 5.74) is -0.985. The van der Waals surface area contributed by atoms with E-state index in [1.165, 1.54) is 16.8 Å². The third-order valence-corrected chi connectivity index (χ3v) is 4.17. The number of nitrogens with zero attached hydrogens (tertiary/aromatic N) is 1. The highest BCUT2D eigenvalue weighted by atomic mass is 16.8. The van der Waals surface area contributed by atoms with Crippen molar-refractivity contribution in [3.05, 3.63) is 33.1 Å². The summed E-state index contributed by atoms with van der Waals surface area (Å²) < 4.78 is 24.8. The standard InChI is InChI=1S/C16H24N2O6/c1-4-5-8-21-9-10-12-13(24-16(2,3)23-12)14(22-10)18-7-6-11(19)17-15(18)20/h6-7,10,12-14H,4-5,8-9H2,1-3H3,(H,17,19,20)/t10-,12-,13-,14-/m1/s1. The van der Waals surface area contributed by atoms with Gasteiger partial charge in [-0.3, -0.25) is 14.3 Å². The number of rotatable bonds is 6. The molecule has 0 radical (unpaired) electrons. The minimum absolute atomic E-state index is 0.328. The molecule has 0 unspecified atom stereocenters. The third kappa shape index (κ3) is 3.46. The molecule has 0 spiro atoms. The van der Waals surface area contributed by atoms with Crippen LogP contribution in [-0.4, -0.2) is 46.9 Å². The molecule has 1 aromatic rings. The molecule has 3 heterocycles. The van der Waals surface area contributed by atoms with E-state index in [1.807, 2.05) is 13.8 Å². The molecule has 4 atom stereocenters. The van der Waals surface area contributed by atoms with Gasteiger partial charge in [-0.1, -0.05) is 13.3 Å². The molecule has 0 aliphatic carbocycles. The lowest BCUT2D eigenvalue weighted by atomic mass is 10.1. The van der Waals surface area contributed by atoms with Gasteiger partial charge in [0.1, 0.15) is 18.3 Å². The van der Waals surface area contributed by atoms with Crippen molar-refractivity contribution in [2.24, 2.45) is 0 Å². The average molecular weight is 340 g/mol. The topological polar surface area (TPSA) is 91.8 Å². The van der Waals surface area contributed by atoms with Crippen LogP contribution in [0.4, 0.5) is 0 Å². The normalized spacial score (nSPS) is 31.3. The first-order chi connectivity index (χ1) is 11.4. The number of unbranched alkanes of at least 4 members (excludes halogenated alkanes) is 1. The maximum Gasteiger partial charge on any atom is 0.330 e. The molecule has 0 amide bonds. The summed E-state index contributed by atoms with van der Waals surface area (Å²) in [5, 5.41) is 0. The van der Waals surface area contributed by atoms with Gasteiger partial charge in [0, 0.05) is 18.9 Å². The Bertz CT molecular complexity index is 682. The van der Waals surface area contributed by atoms with Gasteiger partial charge in [-0.2, -0.15) is 0 Å². The first-order valence-corrected chi connectivity index (χ1v) is 8.31. The molecule has 24 heavy (non-hydrogen) atoms. The van der Waals surface area contributed by atoms with Gasteiger partial charge in [-0.25, -0.2) is 4.79 Å². The van der Waals surface area contributed by atoms with E-state index in [4.69, 9.17) is 18.9 Å². The summed E-state index contributed by atoms with van der Waals surface area (Å²) in [6.07, 6.45) is 1.68. The van der Waals surface area contributed by atoms with E-state index >= 15 is 0 Å². The molecule has 1 aromatic heterocycles. The van der Waals surface area contributed by atoms with Gasteiger partial charge in [-0.05, 0) is 20.3 Å². The van der Waals surface area contributed by atoms with Crippen LogP contribution in [0, 0.1) is 0 Å². The van der Waals surface area contributed by atoms with Gasteiger partial charge in [0.15, 0.2) is 12.0 Å². The fourth-order valence-corrected chi connectivity index (χ4v) is 3.09. The van der Waals surface area contributed by atoms with E-state index in [9.17, 15) is 9.59 Å². The quantitative estimate of drug-likeness (QED) is 0.769. The Balaban J connectivity index is 1.80. The number of ether oxygens (including phenoxy) is 4. The van der Waals surface area contributed by atoms with E-state index in [0.717, 1.165) is 12.8 Å².